The Morgan fingerprint density at radius 1 is 1.27 bits per heavy atom. The van der Waals surface area contributed by atoms with Crippen LogP contribution in [0.5, 0.6) is 5.75 Å². The Morgan fingerprint density at radius 2 is 2.05 bits per heavy atom. The molecule has 1 saturated carbocycles. The maximum absolute atomic E-state index is 14.3. The van der Waals surface area contributed by atoms with E-state index < -0.39 is 35.9 Å². The number of hydrogen-bond acceptors (Lipinski definition) is 6. The topological polar surface area (TPSA) is 128 Å². The summed E-state index contributed by atoms with van der Waals surface area (Å²) < 4.78 is 20.3. The number of pyridine rings is 1. The number of carbonyl (C=O) groups is 2. The molecule has 196 valence electrons. The minimum atomic E-state index is -1.15. The number of benzene rings is 1. The number of aliphatic hydroxyl groups excluding tert-OH is 2. The molecule has 2 fully saturated rings. The van der Waals surface area contributed by atoms with Crippen LogP contribution in [0.2, 0.25) is 0 Å². The van der Waals surface area contributed by atoms with Crippen molar-refractivity contribution in [2.24, 2.45) is 5.92 Å². The molecule has 4 N–H and O–H groups in total. The Kier molecular flexibility index (Phi) is 6.87. The molecular weight excluding hydrogens is 479 g/mol. The van der Waals surface area contributed by atoms with E-state index in [0.29, 0.717) is 64.7 Å². The quantitative estimate of drug-likeness (QED) is 0.387. The molecule has 0 unspecified atom stereocenters. The summed E-state index contributed by atoms with van der Waals surface area (Å²) in [5.41, 5.74) is 3.18. The molecule has 0 bridgehead atoms. The molecule has 0 spiro atoms. The first-order valence-corrected chi connectivity index (χ1v) is 12.6. The zero-order valence-electron chi connectivity index (χ0n) is 20.8. The first kappa shape index (κ1) is 25.2. The largest absolute Gasteiger partial charge is 0.493 e. The highest BCUT2D eigenvalue weighted by molar-refractivity contribution is 6.09. The van der Waals surface area contributed by atoms with E-state index in [-0.39, 0.29) is 6.54 Å². The molecule has 3 heterocycles. The third-order valence-electron chi connectivity index (χ3n) is 7.07. The molecule has 37 heavy (non-hydrogen) atoms. The Labute approximate surface area is 213 Å². The smallest absolute Gasteiger partial charge is 0.255 e. The second-order valence-electron chi connectivity index (χ2n) is 10.00. The average Bonchev–Trinajstić information content (AvgIpc) is 3.63. The van der Waals surface area contributed by atoms with Crippen LogP contribution in [0.15, 0.2) is 30.5 Å². The SMILES string of the molecule is Cc1[nH]c2c(-c3cc(F)ccc3OCC3CC3)ccnc2c1C(=O)N[C@@H]1CCN(C(=O)[C@H](C)O)C[C@@H]1O. The number of aliphatic hydroxyl groups is 2. The summed E-state index contributed by atoms with van der Waals surface area (Å²) in [4.78, 5) is 34.5. The van der Waals surface area contributed by atoms with Crippen LogP contribution < -0.4 is 10.1 Å². The average molecular weight is 511 g/mol. The maximum atomic E-state index is 14.3. The molecule has 5 rings (SSSR count). The van der Waals surface area contributed by atoms with Crippen molar-refractivity contribution >= 4 is 22.8 Å². The van der Waals surface area contributed by atoms with Crippen molar-refractivity contribution in [1.82, 2.24) is 20.2 Å². The number of piperidine rings is 1. The van der Waals surface area contributed by atoms with Crippen LogP contribution in [-0.2, 0) is 4.79 Å². The van der Waals surface area contributed by atoms with Gasteiger partial charge in [0.1, 0.15) is 23.2 Å². The number of H-pyrrole nitrogens is 1. The highest BCUT2D eigenvalue weighted by atomic mass is 19.1. The van der Waals surface area contributed by atoms with Crippen molar-refractivity contribution in [3.05, 3.63) is 47.5 Å². The molecule has 10 heteroatoms. The van der Waals surface area contributed by atoms with Crippen LogP contribution in [0.25, 0.3) is 22.2 Å². The van der Waals surface area contributed by atoms with E-state index in [2.05, 4.69) is 15.3 Å². The minimum Gasteiger partial charge on any atom is -0.493 e. The first-order valence-electron chi connectivity index (χ1n) is 12.6. The number of amides is 2. The second kappa shape index (κ2) is 10.1. The Morgan fingerprint density at radius 3 is 2.76 bits per heavy atom. The molecule has 1 aliphatic carbocycles. The van der Waals surface area contributed by atoms with Gasteiger partial charge in [0.25, 0.3) is 11.8 Å². The lowest BCUT2D eigenvalue weighted by atomic mass is 10.00. The number of halogens is 1. The molecule has 2 aromatic heterocycles. The Hall–Kier alpha value is -3.50. The van der Waals surface area contributed by atoms with Gasteiger partial charge in [0.15, 0.2) is 0 Å². The number of hydrogen-bond donors (Lipinski definition) is 4. The fourth-order valence-electron chi connectivity index (χ4n) is 4.84. The molecule has 1 aliphatic heterocycles. The highest BCUT2D eigenvalue weighted by Crippen LogP contribution is 2.38. The second-order valence-corrected chi connectivity index (χ2v) is 10.00. The third-order valence-corrected chi connectivity index (χ3v) is 7.07. The number of β-amino-alcohol motifs (C(OH)–C–C–N with tert-alkyl or cyclic N) is 1. The summed E-state index contributed by atoms with van der Waals surface area (Å²) in [6, 6.07) is 5.61. The number of likely N-dealkylation sites (tertiary alicyclic amines) is 1. The predicted octanol–water partition coefficient (Wildman–Crippen LogP) is 2.54. The molecule has 2 amide bonds. The predicted molar refractivity (Wildman–Crippen MR) is 135 cm³/mol. The number of nitrogens with one attached hydrogen (secondary N) is 2. The molecule has 3 aromatic rings. The van der Waals surface area contributed by atoms with Gasteiger partial charge < -0.3 is 30.2 Å². The summed E-state index contributed by atoms with van der Waals surface area (Å²) in [5, 5.41) is 23.0. The standard InChI is InChI=1S/C27H31FN4O5/c1-14-23(26(35)31-20-8-10-32(12-21(20)34)27(36)15(2)33)25-24(30-14)18(7-9-29-25)19-11-17(28)5-6-22(19)37-13-16-3-4-16/h5-7,9,11,15-16,20-21,30,33-34H,3-4,8,10,12-13H2,1-2H3,(H,31,35)/t15-,20+,21-/m0/s1. The van der Waals surface area contributed by atoms with E-state index in [0.717, 1.165) is 12.8 Å². The fraction of sp³-hybridized carbons (Fsp3) is 0.444. The van der Waals surface area contributed by atoms with Crippen LogP contribution in [0.3, 0.4) is 0 Å². The van der Waals surface area contributed by atoms with Crippen LogP contribution in [-0.4, -0.2) is 74.8 Å². The van der Waals surface area contributed by atoms with Crippen LogP contribution in [0.1, 0.15) is 42.2 Å². The third kappa shape index (κ3) is 5.17. The zero-order valence-corrected chi connectivity index (χ0v) is 20.8. The summed E-state index contributed by atoms with van der Waals surface area (Å²) in [6.07, 6.45) is 2.06. The lowest BCUT2D eigenvalue weighted by Crippen LogP contribution is -2.56. The van der Waals surface area contributed by atoms with Crippen LogP contribution >= 0.6 is 0 Å². The Bertz CT molecular complexity index is 1340. The fourth-order valence-corrected chi connectivity index (χ4v) is 4.84. The van der Waals surface area contributed by atoms with Gasteiger partial charge in [-0.05, 0) is 63.3 Å². The summed E-state index contributed by atoms with van der Waals surface area (Å²) in [7, 11) is 0. The van der Waals surface area contributed by atoms with Gasteiger partial charge in [-0.25, -0.2) is 4.39 Å². The van der Waals surface area contributed by atoms with Crippen LogP contribution in [0.4, 0.5) is 4.39 Å². The minimum absolute atomic E-state index is 0.0210. The van der Waals surface area contributed by atoms with Gasteiger partial charge in [-0.3, -0.25) is 14.6 Å². The molecule has 1 saturated heterocycles. The molecular formula is C27H31FN4O5. The Balaban J connectivity index is 1.41. The number of carbonyl (C=O) groups excluding carboxylic acids is 2. The summed E-state index contributed by atoms with van der Waals surface area (Å²) >= 11 is 0. The number of aromatic nitrogens is 2. The van der Waals surface area contributed by atoms with E-state index in [9.17, 15) is 24.2 Å². The normalized spacial score (nSPS) is 20.6. The van der Waals surface area contributed by atoms with Crippen molar-refractivity contribution < 1.29 is 28.9 Å². The number of rotatable bonds is 7. The van der Waals surface area contributed by atoms with Gasteiger partial charge >= 0.3 is 0 Å². The molecule has 9 nitrogen and oxygen atoms in total. The highest BCUT2D eigenvalue weighted by Gasteiger charge is 2.33. The lowest BCUT2D eigenvalue weighted by molar-refractivity contribution is -0.142. The van der Waals surface area contributed by atoms with Crippen molar-refractivity contribution in [1.29, 1.82) is 0 Å². The van der Waals surface area contributed by atoms with Gasteiger partial charge in [0.05, 0.1) is 29.8 Å². The first-order chi connectivity index (χ1) is 17.7. The lowest BCUT2D eigenvalue weighted by Gasteiger charge is -2.36. The number of aromatic amines is 1. The summed E-state index contributed by atoms with van der Waals surface area (Å²) in [5.74, 6) is -0.149. The molecule has 1 aromatic carbocycles. The van der Waals surface area contributed by atoms with Gasteiger partial charge in [0, 0.05) is 36.1 Å². The molecule has 3 atom stereocenters. The van der Waals surface area contributed by atoms with Gasteiger partial charge in [-0.2, -0.15) is 0 Å². The van der Waals surface area contributed by atoms with E-state index in [1.54, 1.807) is 25.3 Å². The number of nitrogens with zero attached hydrogens (tertiary/aromatic N) is 2. The number of aryl methyl sites for hydroxylation is 1. The van der Waals surface area contributed by atoms with E-state index >= 15 is 0 Å². The van der Waals surface area contributed by atoms with Crippen molar-refractivity contribution in [3.63, 3.8) is 0 Å². The van der Waals surface area contributed by atoms with Crippen molar-refractivity contribution in [3.8, 4) is 16.9 Å². The molecule has 0 radical (unpaired) electrons. The van der Waals surface area contributed by atoms with Gasteiger partial charge in [0.2, 0.25) is 0 Å². The monoisotopic (exact) mass is 510 g/mol. The number of ether oxygens (including phenoxy) is 1. The van der Waals surface area contributed by atoms with Gasteiger partial charge in [-0.15, -0.1) is 0 Å². The van der Waals surface area contributed by atoms with Crippen molar-refractivity contribution in [2.75, 3.05) is 19.7 Å². The van der Waals surface area contributed by atoms with E-state index in [1.807, 2.05) is 0 Å². The van der Waals surface area contributed by atoms with Gasteiger partial charge in [-0.1, -0.05) is 0 Å². The van der Waals surface area contributed by atoms with Crippen LogP contribution in [0, 0.1) is 18.7 Å². The zero-order chi connectivity index (χ0) is 26.3. The summed E-state index contributed by atoms with van der Waals surface area (Å²) in [6.45, 7) is 4.05. The molecule has 2 aliphatic rings. The van der Waals surface area contributed by atoms with E-state index in [4.69, 9.17) is 4.74 Å². The maximum Gasteiger partial charge on any atom is 0.255 e. The van der Waals surface area contributed by atoms with E-state index in [1.165, 1.54) is 24.0 Å². The number of fused-ring (bicyclic) bond motifs is 1. The van der Waals surface area contributed by atoms with Crippen molar-refractivity contribution in [2.45, 2.75) is 51.4 Å².